The molecule has 0 saturated heterocycles. The van der Waals surface area contributed by atoms with E-state index in [9.17, 15) is 9.59 Å². The normalized spacial score (nSPS) is 12.7. The Bertz CT molecular complexity index is 604. The number of carbonyl (C=O) groups excluding carboxylic acids is 2. The first-order valence-corrected chi connectivity index (χ1v) is 7.45. The molecule has 0 amide bonds. The molecule has 0 N–H and O–H groups in total. The summed E-state index contributed by atoms with van der Waals surface area (Å²) >= 11 is 0. The molecule has 23 heavy (non-hydrogen) atoms. The quantitative estimate of drug-likeness (QED) is 0.469. The minimum absolute atomic E-state index is 0.121. The fraction of sp³-hybridized carbons (Fsp3) is 0.368. The van der Waals surface area contributed by atoms with Gasteiger partial charge in [-0.15, -0.1) is 0 Å². The van der Waals surface area contributed by atoms with Crippen molar-refractivity contribution in [2.75, 3.05) is 7.11 Å². The third kappa shape index (κ3) is 7.45. The lowest BCUT2D eigenvalue weighted by Crippen LogP contribution is -2.25. The number of allylic oxidation sites excluding steroid dienone is 2. The van der Waals surface area contributed by atoms with E-state index >= 15 is 0 Å². The topological polar surface area (TPSA) is 52.6 Å². The van der Waals surface area contributed by atoms with Crippen molar-refractivity contribution in [2.45, 2.75) is 39.7 Å². The Balaban J connectivity index is 2.95. The zero-order chi connectivity index (χ0) is 17.5. The van der Waals surface area contributed by atoms with Crippen molar-refractivity contribution in [2.24, 2.45) is 0 Å². The van der Waals surface area contributed by atoms with E-state index in [0.29, 0.717) is 0 Å². The number of methoxy groups -OCH3 is 1. The Hall–Kier alpha value is -2.36. The second-order valence-electron chi connectivity index (χ2n) is 6.22. The van der Waals surface area contributed by atoms with Gasteiger partial charge < -0.3 is 9.47 Å². The molecule has 0 aliphatic heterocycles. The molecule has 4 nitrogen and oxygen atoms in total. The Morgan fingerprint density at radius 3 is 2.26 bits per heavy atom. The van der Waals surface area contributed by atoms with Crippen LogP contribution in [0.15, 0.2) is 47.6 Å². The molecule has 0 aromatic heterocycles. The van der Waals surface area contributed by atoms with Crippen molar-refractivity contribution in [3.63, 3.8) is 0 Å². The van der Waals surface area contributed by atoms with Crippen molar-refractivity contribution >= 4 is 18.0 Å². The van der Waals surface area contributed by atoms with E-state index in [1.54, 1.807) is 26.8 Å². The average Bonchev–Trinajstić information content (AvgIpc) is 2.44. The van der Waals surface area contributed by atoms with Gasteiger partial charge in [-0.1, -0.05) is 36.4 Å². The van der Waals surface area contributed by atoms with Gasteiger partial charge in [-0.3, -0.25) is 4.79 Å². The maximum Gasteiger partial charge on any atom is 0.334 e. The summed E-state index contributed by atoms with van der Waals surface area (Å²) in [6, 6.07) is 9.73. The van der Waals surface area contributed by atoms with Crippen molar-refractivity contribution in [3.05, 3.63) is 53.1 Å². The lowest BCUT2D eigenvalue weighted by Gasteiger charge is -2.19. The maximum absolute atomic E-state index is 11.9. The van der Waals surface area contributed by atoms with E-state index < -0.39 is 17.5 Å². The van der Waals surface area contributed by atoms with Gasteiger partial charge in [0.15, 0.2) is 0 Å². The van der Waals surface area contributed by atoms with Crippen LogP contribution in [0, 0.1) is 0 Å². The summed E-state index contributed by atoms with van der Waals surface area (Å²) in [4.78, 5) is 23.8. The first-order valence-electron chi connectivity index (χ1n) is 7.45. The smallest absolute Gasteiger partial charge is 0.334 e. The van der Waals surface area contributed by atoms with E-state index in [0.717, 1.165) is 11.1 Å². The van der Waals surface area contributed by atoms with Gasteiger partial charge in [-0.25, -0.2) is 4.79 Å². The number of hydrogen-bond donors (Lipinski definition) is 0. The molecule has 0 radical (unpaired) electrons. The summed E-state index contributed by atoms with van der Waals surface area (Å²) in [5.74, 6) is -0.988. The van der Waals surface area contributed by atoms with Gasteiger partial charge >= 0.3 is 11.9 Å². The molecule has 0 fully saturated rings. The van der Waals surface area contributed by atoms with Crippen LogP contribution in [0.2, 0.25) is 0 Å². The van der Waals surface area contributed by atoms with Gasteiger partial charge in [0.1, 0.15) is 5.60 Å². The van der Waals surface area contributed by atoms with Gasteiger partial charge in [0, 0.05) is 5.57 Å². The Morgan fingerprint density at radius 1 is 1.13 bits per heavy atom. The number of rotatable bonds is 5. The molecule has 124 valence electrons. The number of benzene rings is 1. The molecule has 0 unspecified atom stereocenters. The lowest BCUT2D eigenvalue weighted by molar-refractivity contribution is -0.155. The van der Waals surface area contributed by atoms with Crippen molar-refractivity contribution < 1.29 is 19.1 Å². The fourth-order valence-corrected chi connectivity index (χ4v) is 1.97. The van der Waals surface area contributed by atoms with Crippen LogP contribution in [0.3, 0.4) is 0 Å². The van der Waals surface area contributed by atoms with Gasteiger partial charge in [0.05, 0.1) is 13.5 Å². The van der Waals surface area contributed by atoms with Gasteiger partial charge in [-0.2, -0.15) is 0 Å². The van der Waals surface area contributed by atoms with Crippen molar-refractivity contribution in [3.8, 4) is 0 Å². The molecule has 1 aromatic carbocycles. The zero-order valence-corrected chi connectivity index (χ0v) is 14.4. The van der Waals surface area contributed by atoms with Crippen LogP contribution < -0.4 is 0 Å². The van der Waals surface area contributed by atoms with Crippen LogP contribution in [0.5, 0.6) is 0 Å². The van der Waals surface area contributed by atoms with Crippen LogP contribution >= 0.6 is 0 Å². The van der Waals surface area contributed by atoms with E-state index in [1.165, 1.54) is 7.11 Å². The predicted molar refractivity (Wildman–Crippen MR) is 90.7 cm³/mol. The minimum atomic E-state index is -0.590. The van der Waals surface area contributed by atoms with Crippen molar-refractivity contribution in [1.82, 2.24) is 0 Å². The first kappa shape index (κ1) is 18.7. The largest absolute Gasteiger partial charge is 0.466 e. The summed E-state index contributed by atoms with van der Waals surface area (Å²) in [7, 11) is 1.29. The third-order valence-corrected chi connectivity index (χ3v) is 2.80. The minimum Gasteiger partial charge on any atom is -0.466 e. The maximum atomic E-state index is 11.9. The van der Waals surface area contributed by atoms with E-state index in [-0.39, 0.29) is 12.0 Å². The first-order chi connectivity index (χ1) is 10.7. The molecule has 1 rings (SSSR count). The summed E-state index contributed by atoms with van der Waals surface area (Å²) < 4.78 is 10.0. The highest BCUT2D eigenvalue weighted by Gasteiger charge is 2.20. The van der Waals surface area contributed by atoms with Crippen molar-refractivity contribution in [1.29, 1.82) is 0 Å². The fourth-order valence-electron chi connectivity index (χ4n) is 1.97. The second-order valence-corrected chi connectivity index (χ2v) is 6.22. The molecule has 0 aliphatic carbocycles. The second kappa shape index (κ2) is 8.32. The van der Waals surface area contributed by atoms with Crippen LogP contribution in [0.1, 0.15) is 39.7 Å². The number of hydrogen-bond acceptors (Lipinski definition) is 4. The molecule has 0 saturated carbocycles. The number of carbonyl (C=O) groups is 2. The molecule has 0 aliphatic rings. The van der Waals surface area contributed by atoms with Crippen LogP contribution in [-0.4, -0.2) is 24.6 Å². The van der Waals surface area contributed by atoms with Gasteiger partial charge in [-0.05, 0) is 44.9 Å². The Labute approximate surface area is 137 Å². The summed E-state index contributed by atoms with van der Waals surface area (Å²) in [6.45, 7) is 7.22. The average molecular weight is 316 g/mol. The summed E-state index contributed by atoms with van der Waals surface area (Å²) in [5.41, 5.74) is 1.54. The number of esters is 2. The molecule has 0 atom stereocenters. The predicted octanol–water partition coefficient (Wildman–Crippen LogP) is 3.92. The summed E-state index contributed by atoms with van der Waals surface area (Å²) in [6.07, 6.45) is 3.46. The van der Waals surface area contributed by atoms with Crippen LogP contribution in [0.4, 0.5) is 0 Å². The van der Waals surface area contributed by atoms with E-state index in [4.69, 9.17) is 9.47 Å². The molecule has 0 spiro atoms. The van der Waals surface area contributed by atoms with Crippen LogP contribution in [0.25, 0.3) is 6.08 Å². The highest BCUT2D eigenvalue weighted by atomic mass is 16.6. The molecular weight excluding hydrogens is 292 g/mol. The molecule has 4 heteroatoms. The molecule has 0 bridgehead atoms. The standard InChI is InChI=1S/C19H24O4/c1-14(11-15-9-7-6-8-10-15)12-16(18(21)22-5)13-17(20)23-19(2,3)4/h6-12H,13H2,1-5H3/b14-11+,16-12+. The monoisotopic (exact) mass is 316 g/mol. The van der Waals surface area contributed by atoms with Crippen LogP contribution in [-0.2, 0) is 19.1 Å². The zero-order valence-electron chi connectivity index (χ0n) is 14.4. The van der Waals surface area contributed by atoms with Gasteiger partial charge in [0.2, 0.25) is 0 Å². The van der Waals surface area contributed by atoms with Gasteiger partial charge in [0.25, 0.3) is 0 Å². The summed E-state index contributed by atoms with van der Waals surface area (Å²) in [5, 5.41) is 0. The molecule has 1 aromatic rings. The highest BCUT2D eigenvalue weighted by molar-refractivity contribution is 5.94. The molecular formula is C19H24O4. The Kier molecular flexibility index (Phi) is 6.76. The SMILES string of the molecule is COC(=O)/C(=C/C(C)=C/c1ccccc1)CC(=O)OC(C)(C)C. The van der Waals surface area contributed by atoms with E-state index in [1.807, 2.05) is 43.3 Å². The van der Waals surface area contributed by atoms with E-state index in [2.05, 4.69) is 0 Å². The Morgan fingerprint density at radius 2 is 1.74 bits per heavy atom. The lowest BCUT2D eigenvalue weighted by atomic mass is 10.1. The highest BCUT2D eigenvalue weighted by Crippen LogP contribution is 2.16. The number of ether oxygens (including phenoxy) is 2. The third-order valence-electron chi connectivity index (χ3n) is 2.80. The molecule has 0 heterocycles.